The van der Waals surface area contributed by atoms with E-state index in [1.807, 2.05) is 12.1 Å². The van der Waals surface area contributed by atoms with Crippen LogP contribution in [-0.4, -0.2) is 29.4 Å². The Balaban J connectivity index is 2.19. The van der Waals surface area contributed by atoms with Crippen LogP contribution in [0.4, 0.5) is 5.69 Å². The van der Waals surface area contributed by atoms with Gasteiger partial charge < -0.3 is 15.1 Å². The van der Waals surface area contributed by atoms with E-state index in [2.05, 4.69) is 4.90 Å². The Labute approximate surface area is 100 Å². The van der Waals surface area contributed by atoms with Crippen LogP contribution in [0.15, 0.2) is 18.2 Å². The standard InChI is InChI=1S/C12H16ClNO2/c13-10-1-2-12(9(7-10)8-15)14-5-3-11(16)4-6-14/h1-2,7,11,15-16H,3-6,8H2. The maximum atomic E-state index is 9.45. The van der Waals surface area contributed by atoms with Crippen LogP contribution < -0.4 is 4.90 Å². The highest BCUT2D eigenvalue weighted by Gasteiger charge is 2.19. The Morgan fingerprint density at radius 2 is 2.00 bits per heavy atom. The van der Waals surface area contributed by atoms with Gasteiger partial charge in [-0.2, -0.15) is 0 Å². The quantitative estimate of drug-likeness (QED) is 0.830. The van der Waals surface area contributed by atoms with Gasteiger partial charge in [0.1, 0.15) is 0 Å². The lowest BCUT2D eigenvalue weighted by molar-refractivity contribution is 0.145. The molecule has 16 heavy (non-hydrogen) atoms. The van der Waals surface area contributed by atoms with Gasteiger partial charge in [-0.15, -0.1) is 0 Å². The third-order valence-corrected chi connectivity index (χ3v) is 3.25. The molecule has 0 atom stereocenters. The molecule has 88 valence electrons. The number of benzene rings is 1. The first-order valence-electron chi connectivity index (χ1n) is 5.53. The number of hydrogen-bond acceptors (Lipinski definition) is 3. The average Bonchev–Trinajstić information content (AvgIpc) is 2.30. The third-order valence-electron chi connectivity index (χ3n) is 3.02. The molecule has 4 heteroatoms. The van der Waals surface area contributed by atoms with Crippen molar-refractivity contribution in [1.82, 2.24) is 0 Å². The van der Waals surface area contributed by atoms with E-state index in [-0.39, 0.29) is 12.7 Å². The zero-order valence-electron chi connectivity index (χ0n) is 9.06. The summed E-state index contributed by atoms with van der Waals surface area (Å²) >= 11 is 5.89. The van der Waals surface area contributed by atoms with Crippen molar-refractivity contribution >= 4 is 17.3 Å². The molecule has 1 aromatic carbocycles. The molecule has 0 bridgehead atoms. The summed E-state index contributed by atoms with van der Waals surface area (Å²) in [5.74, 6) is 0. The summed E-state index contributed by atoms with van der Waals surface area (Å²) in [6.45, 7) is 1.65. The lowest BCUT2D eigenvalue weighted by Crippen LogP contribution is -2.36. The molecule has 0 saturated carbocycles. The molecule has 0 unspecified atom stereocenters. The fraction of sp³-hybridized carbons (Fsp3) is 0.500. The van der Waals surface area contributed by atoms with Gasteiger partial charge in [-0.05, 0) is 31.0 Å². The predicted molar refractivity (Wildman–Crippen MR) is 64.8 cm³/mol. The molecule has 0 radical (unpaired) electrons. The Hall–Kier alpha value is -0.770. The molecule has 3 nitrogen and oxygen atoms in total. The van der Waals surface area contributed by atoms with Crippen LogP contribution in [0, 0.1) is 0 Å². The molecule has 1 aliphatic rings. The lowest BCUT2D eigenvalue weighted by Gasteiger charge is -2.32. The van der Waals surface area contributed by atoms with E-state index in [0.717, 1.165) is 37.2 Å². The normalized spacial score (nSPS) is 17.8. The molecule has 0 amide bonds. The minimum atomic E-state index is -0.180. The highest BCUT2D eigenvalue weighted by molar-refractivity contribution is 6.30. The minimum absolute atomic E-state index is 0.00501. The van der Waals surface area contributed by atoms with Gasteiger partial charge in [0.05, 0.1) is 12.7 Å². The van der Waals surface area contributed by atoms with Crippen molar-refractivity contribution in [3.05, 3.63) is 28.8 Å². The maximum absolute atomic E-state index is 9.45. The van der Waals surface area contributed by atoms with Crippen LogP contribution in [0.1, 0.15) is 18.4 Å². The highest BCUT2D eigenvalue weighted by Crippen LogP contribution is 2.27. The van der Waals surface area contributed by atoms with Crippen LogP contribution in [0.5, 0.6) is 0 Å². The second-order valence-electron chi connectivity index (χ2n) is 4.15. The smallest absolute Gasteiger partial charge is 0.0702 e. The fourth-order valence-corrected chi connectivity index (χ4v) is 2.29. The van der Waals surface area contributed by atoms with Crippen LogP contribution in [-0.2, 0) is 6.61 Å². The van der Waals surface area contributed by atoms with Crippen molar-refractivity contribution in [1.29, 1.82) is 0 Å². The summed E-state index contributed by atoms with van der Waals surface area (Å²) in [5.41, 5.74) is 1.88. The Morgan fingerprint density at radius 1 is 1.31 bits per heavy atom. The summed E-state index contributed by atoms with van der Waals surface area (Å²) in [6.07, 6.45) is 1.39. The van der Waals surface area contributed by atoms with Gasteiger partial charge in [0.25, 0.3) is 0 Å². The predicted octanol–water partition coefficient (Wildman–Crippen LogP) is 1.79. The largest absolute Gasteiger partial charge is 0.393 e. The van der Waals surface area contributed by atoms with Crippen molar-refractivity contribution in [2.24, 2.45) is 0 Å². The summed E-state index contributed by atoms with van der Waals surface area (Å²) in [7, 11) is 0. The summed E-state index contributed by atoms with van der Waals surface area (Å²) in [6, 6.07) is 5.56. The Morgan fingerprint density at radius 3 is 2.62 bits per heavy atom. The van der Waals surface area contributed by atoms with E-state index in [9.17, 15) is 10.2 Å². The van der Waals surface area contributed by atoms with Gasteiger partial charge in [0, 0.05) is 29.4 Å². The van der Waals surface area contributed by atoms with Gasteiger partial charge in [0.2, 0.25) is 0 Å². The summed E-state index contributed by atoms with van der Waals surface area (Å²) < 4.78 is 0. The lowest BCUT2D eigenvalue weighted by atomic mass is 10.1. The van der Waals surface area contributed by atoms with E-state index in [1.54, 1.807) is 6.07 Å². The molecule has 1 aliphatic heterocycles. The molecule has 0 aliphatic carbocycles. The fourth-order valence-electron chi connectivity index (χ4n) is 2.10. The zero-order chi connectivity index (χ0) is 11.5. The number of halogens is 1. The second kappa shape index (κ2) is 5.04. The molecular weight excluding hydrogens is 226 g/mol. The second-order valence-corrected chi connectivity index (χ2v) is 4.59. The monoisotopic (exact) mass is 241 g/mol. The molecule has 1 fully saturated rings. The Kier molecular flexibility index (Phi) is 3.69. The van der Waals surface area contributed by atoms with Gasteiger partial charge in [-0.1, -0.05) is 11.6 Å². The number of anilines is 1. The van der Waals surface area contributed by atoms with Gasteiger partial charge in [-0.25, -0.2) is 0 Å². The van der Waals surface area contributed by atoms with Crippen LogP contribution in [0.3, 0.4) is 0 Å². The molecular formula is C12H16ClNO2. The molecule has 0 aromatic heterocycles. The number of aliphatic hydroxyl groups is 2. The molecule has 2 N–H and O–H groups in total. The molecule has 2 rings (SSSR count). The van der Waals surface area contributed by atoms with Crippen molar-refractivity contribution in [3.8, 4) is 0 Å². The molecule has 1 heterocycles. The topological polar surface area (TPSA) is 43.7 Å². The van der Waals surface area contributed by atoms with Crippen molar-refractivity contribution < 1.29 is 10.2 Å². The first-order valence-corrected chi connectivity index (χ1v) is 5.91. The van der Waals surface area contributed by atoms with Crippen molar-refractivity contribution in [3.63, 3.8) is 0 Å². The minimum Gasteiger partial charge on any atom is -0.393 e. The molecule has 1 saturated heterocycles. The highest BCUT2D eigenvalue weighted by atomic mass is 35.5. The average molecular weight is 242 g/mol. The van der Waals surface area contributed by atoms with Gasteiger partial charge in [0.15, 0.2) is 0 Å². The SMILES string of the molecule is OCc1cc(Cl)ccc1N1CCC(O)CC1. The van der Waals surface area contributed by atoms with E-state index >= 15 is 0 Å². The van der Waals surface area contributed by atoms with Crippen LogP contribution >= 0.6 is 11.6 Å². The number of nitrogens with zero attached hydrogens (tertiary/aromatic N) is 1. The zero-order valence-corrected chi connectivity index (χ0v) is 9.82. The maximum Gasteiger partial charge on any atom is 0.0702 e. The number of rotatable bonds is 2. The third kappa shape index (κ3) is 2.48. The summed E-state index contributed by atoms with van der Waals surface area (Å²) in [5, 5.41) is 19.4. The Bertz CT molecular complexity index is 362. The summed E-state index contributed by atoms with van der Waals surface area (Å²) in [4.78, 5) is 2.19. The first-order chi connectivity index (χ1) is 7.70. The van der Waals surface area contributed by atoms with Crippen LogP contribution in [0.25, 0.3) is 0 Å². The van der Waals surface area contributed by atoms with Crippen LogP contribution in [0.2, 0.25) is 5.02 Å². The van der Waals surface area contributed by atoms with Gasteiger partial charge >= 0.3 is 0 Å². The molecule has 1 aromatic rings. The number of aliphatic hydroxyl groups excluding tert-OH is 2. The van der Waals surface area contributed by atoms with E-state index in [4.69, 9.17) is 11.6 Å². The number of hydrogen-bond donors (Lipinski definition) is 2. The first kappa shape index (κ1) is 11.7. The van der Waals surface area contributed by atoms with E-state index in [1.165, 1.54) is 0 Å². The van der Waals surface area contributed by atoms with Crippen molar-refractivity contribution in [2.45, 2.75) is 25.6 Å². The number of piperidine rings is 1. The van der Waals surface area contributed by atoms with E-state index < -0.39 is 0 Å². The molecule has 0 spiro atoms. The van der Waals surface area contributed by atoms with E-state index in [0.29, 0.717) is 5.02 Å². The van der Waals surface area contributed by atoms with Crippen molar-refractivity contribution in [2.75, 3.05) is 18.0 Å². The van der Waals surface area contributed by atoms with Gasteiger partial charge in [-0.3, -0.25) is 0 Å².